The van der Waals surface area contributed by atoms with Gasteiger partial charge in [0.2, 0.25) is 15.9 Å². The minimum Gasteiger partial charge on any atom is -0.337 e. The zero-order valence-electron chi connectivity index (χ0n) is 22.5. The van der Waals surface area contributed by atoms with Crippen LogP contribution in [-0.2, 0) is 34.8 Å². The Morgan fingerprint density at radius 3 is 2.61 bits per heavy atom. The Morgan fingerprint density at radius 1 is 1.07 bits per heavy atom. The van der Waals surface area contributed by atoms with Gasteiger partial charge in [-0.2, -0.15) is 0 Å². The molecule has 7 nitrogen and oxygen atoms in total. The monoisotopic (exact) mass is 576 g/mol. The molecule has 1 heterocycles. The number of carbonyl (C=O) groups is 1. The summed E-state index contributed by atoms with van der Waals surface area (Å²) in [5, 5.41) is 0. The Morgan fingerprint density at radius 2 is 1.88 bits per heavy atom. The average molecular weight is 577 g/mol. The van der Waals surface area contributed by atoms with Crippen LogP contribution in [0.3, 0.4) is 0 Å². The molecule has 3 atom stereocenters. The molecule has 1 aromatic heterocycles. The lowest BCUT2D eigenvalue weighted by Crippen LogP contribution is -2.34. The smallest absolute Gasteiger partial charge is 0.241 e. The number of aryl methyl sites for hydroxylation is 2. The first-order valence-electron chi connectivity index (χ1n) is 13.6. The zero-order valence-corrected chi connectivity index (χ0v) is 23.3. The van der Waals surface area contributed by atoms with Crippen LogP contribution in [0.5, 0.6) is 0 Å². The topological polar surface area (TPSA) is 84.3 Å². The molecule has 2 aliphatic carbocycles. The van der Waals surface area contributed by atoms with Crippen molar-refractivity contribution < 1.29 is 22.0 Å². The van der Waals surface area contributed by atoms with Crippen LogP contribution in [0.1, 0.15) is 53.7 Å². The van der Waals surface area contributed by atoms with E-state index in [1.54, 1.807) is 23.2 Å². The Bertz CT molecular complexity index is 1700. The molecule has 10 heteroatoms. The van der Waals surface area contributed by atoms with Crippen molar-refractivity contribution in [3.05, 3.63) is 113 Å². The largest absolute Gasteiger partial charge is 0.337 e. The van der Waals surface area contributed by atoms with Gasteiger partial charge in [0.15, 0.2) is 0 Å². The van der Waals surface area contributed by atoms with Gasteiger partial charge in [0, 0.05) is 37.1 Å². The summed E-state index contributed by atoms with van der Waals surface area (Å²) in [5.74, 6) is -0.533. The Kier molecular flexibility index (Phi) is 7.21. The minimum atomic E-state index is -3.98. The predicted molar refractivity (Wildman–Crippen MR) is 150 cm³/mol. The molecule has 4 aromatic rings. The van der Waals surface area contributed by atoms with E-state index in [9.17, 15) is 22.0 Å². The number of aromatic nitrogens is 2. The summed E-state index contributed by atoms with van der Waals surface area (Å²) in [7, 11) is -2.11. The number of amides is 1. The molecule has 212 valence electrons. The predicted octanol–water partition coefficient (Wildman–Crippen LogP) is 5.39. The fourth-order valence-electron chi connectivity index (χ4n) is 5.70. The highest BCUT2D eigenvalue weighted by molar-refractivity contribution is 7.89. The normalized spacial score (nSPS) is 19.9. The van der Waals surface area contributed by atoms with E-state index in [2.05, 4.69) is 9.71 Å². The van der Waals surface area contributed by atoms with Crippen molar-refractivity contribution in [1.82, 2.24) is 14.3 Å². The van der Waals surface area contributed by atoms with Crippen molar-refractivity contribution in [2.45, 2.75) is 49.1 Å². The van der Waals surface area contributed by atoms with Crippen molar-refractivity contribution in [3.63, 3.8) is 0 Å². The van der Waals surface area contributed by atoms with Crippen LogP contribution in [-0.4, -0.2) is 23.9 Å². The third kappa shape index (κ3) is 5.67. The number of fused-ring (bicyclic) bond motifs is 1. The zero-order chi connectivity index (χ0) is 28.7. The molecule has 41 heavy (non-hydrogen) atoms. The second-order valence-corrected chi connectivity index (χ2v) is 12.5. The van der Waals surface area contributed by atoms with Crippen LogP contribution in [0.4, 0.5) is 14.5 Å². The molecule has 6 rings (SSSR count). The van der Waals surface area contributed by atoms with Crippen molar-refractivity contribution >= 4 is 21.6 Å². The lowest BCUT2D eigenvalue weighted by molar-refractivity contribution is -0.120. The van der Waals surface area contributed by atoms with E-state index in [1.807, 2.05) is 36.0 Å². The van der Waals surface area contributed by atoms with E-state index in [1.165, 1.54) is 30.3 Å². The first-order valence-corrected chi connectivity index (χ1v) is 15.1. The summed E-state index contributed by atoms with van der Waals surface area (Å²) in [5.41, 5.74) is 3.39. The van der Waals surface area contributed by atoms with Gasteiger partial charge >= 0.3 is 0 Å². The summed E-state index contributed by atoms with van der Waals surface area (Å²) >= 11 is 0. The van der Waals surface area contributed by atoms with Crippen molar-refractivity contribution in [2.75, 3.05) is 4.90 Å². The highest BCUT2D eigenvalue weighted by atomic mass is 32.2. The first kappa shape index (κ1) is 27.3. The summed E-state index contributed by atoms with van der Waals surface area (Å²) in [6, 6.07) is 16.4. The fraction of sp³-hybridized carbons (Fsp3) is 0.290. The minimum absolute atomic E-state index is 0.00965. The SMILES string of the molecule is Cn1ccnc1CN(C(=O)[C@H]1C[C@@H]1c1ccc(F)cc1)c1ccc2c(c1)C(NS(=O)(=O)c1cccc(F)c1)CCC2. The molecule has 0 bridgehead atoms. The van der Waals surface area contributed by atoms with Crippen LogP contribution in [0.2, 0.25) is 0 Å². The molecule has 0 radical (unpaired) electrons. The fourth-order valence-corrected chi connectivity index (χ4v) is 6.98. The number of nitrogens with one attached hydrogen (secondary N) is 1. The molecule has 1 saturated carbocycles. The maximum atomic E-state index is 14.0. The quantitative estimate of drug-likeness (QED) is 0.305. The van der Waals surface area contributed by atoms with Crippen molar-refractivity contribution in [2.24, 2.45) is 13.0 Å². The molecule has 1 fully saturated rings. The molecular weight excluding hydrogens is 546 g/mol. The molecular formula is C31H30F2N4O3S. The number of imidazole rings is 1. The van der Waals surface area contributed by atoms with E-state index in [-0.39, 0.29) is 35.0 Å². The third-order valence-electron chi connectivity index (χ3n) is 8.05. The summed E-state index contributed by atoms with van der Waals surface area (Å²) in [6.45, 7) is 0.243. The van der Waals surface area contributed by atoms with Gasteiger partial charge < -0.3 is 9.47 Å². The van der Waals surface area contributed by atoms with Crippen LogP contribution >= 0.6 is 0 Å². The maximum Gasteiger partial charge on any atom is 0.241 e. The van der Waals surface area contributed by atoms with E-state index in [4.69, 9.17) is 0 Å². The maximum absolute atomic E-state index is 14.0. The van der Waals surface area contributed by atoms with Crippen LogP contribution < -0.4 is 9.62 Å². The van der Waals surface area contributed by atoms with E-state index in [0.717, 1.165) is 35.6 Å². The first-order chi connectivity index (χ1) is 19.7. The van der Waals surface area contributed by atoms with Gasteiger partial charge in [0.1, 0.15) is 17.5 Å². The van der Waals surface area contributed by atoms with E-state index < -0.39 is 21.9 Å². The Balaban J connectivity index is 1.31. The molecule has 1 amide bonds. The number of benzene rings is 3. The molecule has 0 aliphatic heterocycles. The average Bonchev–Trinajstić information content (AvgIpc) is 3.66. The van der Waals surface area contributed by atoms with Crippen LogP contribution in [0.25, 0.3) is 0 Å². The molecule has 0 spiro atoms. The number of hydrogen-bond acceptors (Lipinski definition) is 4. The second-order valence-electron chi connectivity index (χ2n) is 10.8. The van der Waals surface area contributed by atoms with Crippen molar-refractivity contribution in [1.29, 1.82) is 0 Å². The molecule has 1 N–H and O–H groups in total. The number of hydrogen-bond donors (Lipinski definition) is 1. The van der Waals surface area contributed by atoms with E-state index >= 15 is 0 Å². The van der Waals surface area contributed by atoms with Gasteiger partial charge in [-0.05, 0) is 90.8 Å². The molecule has 3 aromatic carbocycles. The number of sulfonamides is 1. The number of anilines is 1. The number of nitrogens with zero attached hydrogens (tertiary/aromatic N) is 3. The lowest BCUT2D eigenvalue weighted by Gasteiger charge is -2.29. The molecule has 2 aliphatic rings. The van der Waals surface area contributed by atoms with Gasteiger partial charge in [-0.25, -0.2) is 26.9 Å². The highest BCUT2D eigenvalue weighted by Crippen LogP contribution is 2.49. The van der Waals surface area contributed by atoms with Gasteiger partial charge in [-0.15, -0.1) is 0 Å². The summed E-state index contributed by atoms with van der Waals surface area (Å²) < 4.78 is 58.2. The van der Waals surface area contributed by atoms with Gasteiger partial charge in [0.05, 0.1) is 11.4 Å². The molecule has 1 unspecified atom stereocenters. The van der Waals surface area contributed by atoms with Crippen LogP contribution in [0, 0.1) is 17.6 Å². The highest BCUT2D eigenvalue weighted by Gasteiger charge is 2.46. The Hall–Kier alpha value is -3.89. The third-order valence-corrected chi connectivity index (χ3v) is 9.52. The standard InChI is InChI=1S/C31H30F2N4O3S/c1-36-15-14-34-30(36)19-37(31(38)28-18-26(28)21-8-11-22(32)12-9-21)24-13-10-20-4-2-7-29(27(20)17-24)35-41(39,40)25-6-3-5-23(33)16-25/h3,5-6,8-17,26,28-29,35H,2,4,7,18-19H2,1H3/t26-,28+,29?/m1/s1. The van der Waals surface area contributed by atoms with Gasteiger partial charge in [-0.1, -0.05) is 24.3 Å². The van der Waals surface area contributed by atoms with Crippen LogP contribution in [0.15, 0.2) is 84.0 Å². The van der Waals surface area contributed by atoms with Gasteiger partial charge in [-0.3, -0.25) is 4.79 Å². The number of rotatable bonds is 8. The van der Waals surface area contributed by atoms with Gasteiger partial charge in [0.25, 0.3) is 0 Å². The summed E-state index contributed by atoms with van der Waals surface area (Å²) in [4.78, 5) is 20.0. The molecule has 0 saturated heterocycles. The number of halogens is 2. The number of carbonyl (C=O) groups excluding carboxylic acids is 1. The van der Waals surface area contributed by atoms with E-state index in [0.29, 0.717) is 24.4 Å². The Labute approximate surface area is 237 Å². The lowest BCUT2D eigenvalue weighted by atomic mass is 9.87. The van der Waals surface area contributed by atoms with Crippen molar-refractivity contribution in [3.8, 4) is 0 Å². The second kappa shape index (κ2) is 10.8. The summed E-state index contributed by atoms with van der Waals surface area (Å²) in [6.07, 6.45) is 6.33.